The first-order chi connectivity index (χ1) is 8.60. The van der Waals surface area contributed by atoms with Gasteiger partial charge in [-0.25, -0.2) is 13.1 Å². The van der Waals surface area contributed by atoms with Gasteiger partial charge in [-0.2, -0.15) is 0 Å². The van der Waals surface area contributed by atoms with Crippen molar-refractivity contribution in [1.29, 1.82) is 0 Å². The molecule has 0 aliphatic heterocycles. The first-order valence-electron chi connectivity index (χ1n) is 5.86. The van der Waals surface area contributed by atoms with Crippen molar-refractivity contribution in [2.75, 3.05) is 6.26 Å². The Morgan fingerprint density at radius 1 is 1.42 bits per heavy atom. The van der Waals surface area contributed by atoms with Crippen LogP contribution in [0.15, 0.2) is 18.2 Å². The van der Waals surface area contributed by atoms with Crippen molar-refractivity contribution in [1.82, 2.24) is 4.72 Å². The van der Waals surface area contributed by atoms with Crippen molar-refractivity contribution in [2.24, 2.45) is 0 Å². The number of hydrogen-bond donors (Lipinski definition) is 1. The lowest BCUT2D eigenvalue weighted by molar-refractivity contribution is -0.384. The van der Waals surface area contributed by atoms with Crippen LogP contribution in [0, 0.1) is 10.1 Å². The molecule has 0 spiro atoms. The molecule has 6 nitrogen and oxygen atoms in total. The van der Waals surface area contributed by atoms with Crippen LogP contribution in [0.3, 0.4) is 0 Å². The second-order valence-electron chi connectivity index (χ2n) is 5.56. The molecular weight excluding hydrogens is 268 g/mol. The number of non-ortho nitro benzene ring substituents is 1. The minimum Gasteiger partial charge on any atom is -0.258 e. The summed E-state index contributed by atoms with van der Waals surface area (Å²) in [6.07, 6.45) is 1.69. The van der Waals surface area contributed by atoms with E-state index in [9.17, 15) is 18.5 Å². The maximum absolute atomic E-state index is 11.4. The molecule has 0 radical (unpaired) electrons. The van der Waals surface area contributed by atoms with Crippen molar-refractivity contribution in [3.05, 3.63) is 39.4 Å². The minimum atomic E-state index is -3.35. The molecule has 0 fully saturated rings. The Morgan fingerprint density at radius 2 is 2.05 bits per heavy atom. The van der Waals surface area contributed by atoms with Gasteiger partial charge in [-0.05, 0) is 23.0 Å². The molecule has 0 amide bonds. The summed E-state index contributed by atoms with van der Waals surface area (Å²) in [6.45, 7) is 4.00. The van der Waals surface area contributed by atoms with E-state index < -0.39 is 21.0 Å². The quantitative estimate of drug-likeness (QED) is 0.677. The molecule has 1 N–H and O–H groups in total. The number of fused-ring (bicyclic) bond motifs is 1. The number of nitro benzene ring substituents is 1. The fourth-order valence-corrected chi connectivity index (χ4v) is 3.39. The summed E-state index contributed by atoms with van der Waals surface area (Å²) in [6, 6.07) is 4.24. The molecule has 7 heteroatoms. The summed E-state index contributed by atoms with van der Waals surface area (Å²) >= 11 is 0. The van der Waals surface area contributed by atoms with Crippen LogP contribution in [-0.4, -0.2) is 19.6 Å². The molecule has 1 unspecified atom stereocenters. The van der Waals surface area contributed by atoms with Crippen molar-refractivity contribution < 1.29 is 13.3 Å². The molecular formula is C12H16N2O4S. The zero-order valence-corrected chi connectivity index (χ0v) is 11.8. The van der Waals surface area contributed by atoms with E-state index in [2.05, 4.69) is 4.72 Å². The maximum Gasteiger partial charge on any atom is 0.269 e. The largest absolute Gasteiger partial charge is 0.269 e. The van der Waals surface area contributed by atoms with Crippen LogP contribution in [-0.2, 0) is 15.4 Å². The summed E-state index contributed by atoms with van der Waals surface area (Å²) < 4.78 is 25.3. The van der Waals surface area contributed by atoms with Crippen LogP contribution >= 0.6 is 0 Å². The number of benzene rings is 1. The Bertz CT molecular complexity index is 637. The molecule has 0 saturated carbocycles. The van der Waals surface area contributed by atoms with E-state index in [4.69, 9.17) is 0 Å². The van der Waals surface area contributed by atoms with E-state index in [0.29, 0.717) is 12.0 Å². The number of nitro groups is 1. The smallest absolute Gasteiger partial charge is 0.258 e. The van der Waals surface area contributed by atoms with E-state index in [1.165, 1.54) is 12.1 Å². The molecule has 0 aromatic heterocycles. The highest BCUT2D eigenvalue weighted by atomic mass is 32.2. The van der Waals surface area contributed by atoms with E-state index in [1.807, 2.05) is 13.8 Å². The van der Waals surface area contributed by atoms with Crippen molar-refractivity contribution in [2.45, 2.75) is 31.7 Å². The Kier molecular flexibility index (Phi) is 3.14. The van der Waals surface area contributed by atoms with Crippen LogP contribution in [0.25, 0.3) is 0 Å². The van der Waals surface area contributed by atoms with Crippen LogP contribution in [0.1, 0.15) is 37.4 Å². The molecule has 0 bridgehead atoms. The van der Waals surface area contributed by atoms with Gasteiger partial charge >= 0.3 is 0 Å². The topological polar surface area (TPSA) is 89.3 Å². The molecule has 19 heavy (non-hydrogen) atoms. The maximum atomic E-state index is 11.4. The Morgan fingerprint density at radius 3 is 2.58 bits per heavy atom. The second kappa shape index (κ2) is 4.28. The van der Waals surface area contributed by atoms with Gasteiger partial charge < -0.3 is 0 Å². The van der Waals surface area contributed by atoms with Gasteiger partial charge in [0.15, 0.2) is 0 Å². The zero-order valence-electron chi connectivity index (χ0n) is 11.0. The highest BCUT2D eigenvalue weighted by Crippen LogP contribution is 2.45. The Hall–Kier alpha value is -1.47. The SMILES string of the molecule is CC1(C)CC(NS(C)(=O)=O)c2cc([N+](=O)[O-])ccc21. The van der Waals surface area contributed by atoms with Gasteiger partial charge in [-0.3, -0.25) is 10.1 Å². The molecule has 1 aliphatic rings. The Labute approximate surface area is 112 Å². The van der Waals surface area contributed by atoms with E-state index in [1.54, 1.807) is 6.07 Å². The van der Waals surface area contributed by atoms with E-state index in [-0.39, 0.29) is 11.1 Å². The molecule has 1 atom stereocenters. The first kappa shape index (κ1) is 14.0. The number of nitrogens with one attached hydrogen (secondary N) is 1. The lowest BCUT2D eigenvalue weighted by atomic mass is 9.86. The molecule has 1 aromatic carbocycles. The molecule has 104 valence electrons. The van der Waals surface area contributed by atoms with Gasteiger partial charge in [-0.1, -0.05) is 19.9 Å². The summed E-state index contributed by atoms with van der Waals surface area (Å²) in [7, 11) is -3.35. The fourth-order valence-electron chi connectivity index (χ4n) is 2.66. The lowest BCUT2D eigenvalue weighted by Crippen LogP contribution is -2.27. The fraction of sp³-hybridized carbons (Fsp3) is 0.500. The standard InChI is InChI=1S/C12H16N2O4S/c1-12(2)7-11(13-19(3,17)18)9-6-8(14(15)16)4-5-10(9)12/h4-6,11,13H,7H2,1-3H3. The van der Waals surface area contributed by atoms with Crippen molar-refractivity contribution in [3.63, 3.8) is 0 Å². The summed E-state index contributed by atoms with van der Waals surface area (Å²) in [5, 5.41) is 10.8. The Balaban J connectivity index is 2.50. The van der Waals surface area contributed by atoms with Crippen LogP contribution in [0.2, 0.25) is 0 Å². The average molecular weight is 284 g/mol. The minimum absolute atomic E-state index is 0.0169. The highest BCUT2D eigenvalue weighted by molar-refractivity contribution is 7.88. The molecule has 0 saturated heterocycles. The van der Waals surface area contributed by atoms with E-state index in [0.717, 1.165) is 11.8 Å². The second-order valence-corrected chi connectivity index (χ2v) is 7.34. The average Bonchev–Trinajstić information content (AvgIpc) is 2.48. The molecule has 2 rings (SSSR count). The van der Waals surface area contributed by atoms with Gasteiger partial charge in [0.2, 0.25) is 10.0 Å². The van der Waals surface area contributed by atoms with Gasteiger partial charge in [-0.15, -0.1) is 0 Å². The van der Waals surface area contributed by atoms with Crippen LogP contribution in [0.5, 0.6) is 0 Å². The predicted octanol–water partition coefficient (Wildman–Crippen LogP) is 1.87. The van der Waals surface area contributed by atoms with E-state index >= 15 is 0 Å². The highest BCUT2D eigenvalue weighted by Gasteiger charge is 2.38. The number of sulfonamides is 1. The van der Waals surface area contributed by atoms with Crippen molar-refractivity contribution >= 4 is 15.7 Å². The number of rotatable bonds is 3. The summed E-state index contributed by atoms with van der Waals surface area (Å²) in [5.41, 5.74) is 1.44. The number of hydrogen-bond acceptors (Lipinski definition) is 4. The van der Waals surface area contributed by atoms with Gasteiger partial charge in [0.05, 0.1) is 11.2 Å². The van der Waals surface area contributed by atoms with Crippen molar-refractivity contribution in [3.8, 4) is 0 Å². The first-order valence-corrected chi connectivity index (χ1v) is 7.75. The van der Waals surface area contributed by atoms with Crippen LogP contribution < -0.4 is 4.72 Å². The lowest BCUT2D eigenvalue weighted by Gasteiger charge is -2.19. The molecule has 1 aromatic rings. The monoisotopic (exact) mass is 284 g/mol. The predicted molar refractivity (Wildman–Crippen MR) is 71.5 cm³/mol. The third-order valence-corrected chi connectivity index (χ3v) is 4.13. The third-order valence-electron chi connectivity index (χ3n) is 3.42. The van der Waals surface area contributed by atoms with Gasteiger partial charge in [0.25, 0.3) is 5.69 Å². The summed E-state index contributed by atoms with van der Waals surface area (Å²) in [4.78, 5) is 10.4. The summed E-state index contributed by atoms with van der Waals surface area (Å²) in [5.74, 6) is 0. The molecule has 1 aliphatic carbocycles. The number of nitrogens with zero attached hydrogens (tertiary/aromatic N) is 1. The van der Waals surface area contributed by atoms with Gasteiger partial charge in [0, 0.05) is 18.2 Å². The molecule has 0 heterocycles. The van der Waals surface area contributed by atoms with Crippen LogP contribution in [0.4, 0.5) is 5.69 Å². The normalized spacial score (nSPS) is 21.1. The zero-order chi connectivity index (χ0) is 14.4. The van der Waals surface area contributed by atoms with Gasteiger partial charge in [0.1, 0.15) is 0 Å². The third kappa shape index (κ3) is 2.76.